The molecule has 0 spiro atoms. The second-order valence-electron chi connectivity index (χ2n) is 3.70. The Kier molecular flexibility index (Phi) is 3.18. The summed E-state index contributed by atoms with van der Waals surface area (Å²) in [5, 5.41) is 15.8. The number of nitrogen functional groups attached to an aromatic ring is 1. The van der Waals surface area contributed by atoms with Gasteiger partial charge in [0, 0.05) is 5.69 Å². The molecular weight excluding hydrogens is 239 g/mol. The van der Waals surface area contributed by atoms with E-state index in [9.17, 15) is 9.18 Å². The summed E-state index contributed by atoms with van der Waals surface area (Å²) in [6.07, 6.45) is 0. The number of nitrogens with one attached hydrogen (secondary N) is 2. The van der Waals surface area contributed by atoms with Gasteiger partial charge in [-0.05, 0) is 25.1 Å². The summed E-state index contributed by atoms with van der Waals surface area (Å²) in [7, 11) is 0. The van der Waals surface area contributed by atoms with Gasteiger partial charge in [0.15, 0.2) is 5.82 Å². The summed E-state index contributed by atoms with van der Waals surface area (Å²) >= 11 is 0. The molecule has 4 N–H and O–H groups in total. The van der Waals surface area contributed by atoms with Crippen LogP contribution in [0.2, 0.25) is 0 Å². The fraction of sp³-hybridized carbons (Fsp3) is 0.200. The smallest absolute Gasteiger partial charge is 0.253 e. The maximum Gasteiger partial charge on any atom is 0.253 e. The van der Waals surface area contributed by atoms with Gasteiger partial charge < -0.3 is 11.1 Å². The molecule has 18 heavy (non-hydrogen) atoms. The highest BCUT2D eigenvalue weighted by Gasteiger charge is 2.16. The summed E-state index contributed by atoms with van der Waals surface area (Å²) in [6.45, 7) is 1.70. The number of nitrogens with two attached hydrogens (primary N) is 1. The molecular formula is C10H11FN6O. The molecule has 0 bridgehead atoms. The van der Waals surface area contributed by atoms with Crippen molar-refractivity contribution in [2.45, 2.75) is 13.0 Å². The minimum atomic E-state index is -0.490. The largest absolute Gasteiger partial charge is 0.398 e. The zero-order chi connectivity index (χ0) is 13.1. The molecule has 0 fully saturated rings. The van der Waals surface area contributed by atoms with Crippen LogP contribution in [-0.2, 0) is 0 Å². The standard InChI is InChI=1S/C10H11FN6O/c1-5(9-14-16-17-15-9)13-10(18)7-3-2-6(11)4-8(7)12/h2-5H,12H2,1H3,(H,13,18)(H,14,15,16,17). The first-order valence-corrected chi connectivity index (χ1v) is 5.17. The van der Waals surface area contributed by atoms with Gasteiger partial charge in [-0.2, -0.15) is 5.21 Å². The fourth-order valence-corrected chi connectivity index (χ4v) is 1.43. The first-order valence-electron chi connectivity index (χ1n) is 5.17. The molecule has 2 aromatic rings. The maximum absolute atomic E-state index is 12.9. The minimum absolute atomic E-state index is 0.0767. The molecule has 0 aliphatic carbocycles. The van der Waals surface area contributed by atoms with Gasteiger partial charge in [-0.1, -0.05) is 5.21 Å². The van der Waals surface area contributed by atoms with E-state index in [0.717, 1.165) is 6.07 Å². The van der Waals surface area contributed by atoms with Crippen LogP contribution in [0.3, 0.4) is 0 Å². The van der Waals surface area contributed by atoms with Crippen LogP contribution in [-0.4, -0.2) is 26.5 Å². The Hall–Kier alpha value is -2.51. The van der Waals surface area contributed by atoms with Crippen molar-refractivity contribution in [3.63, 3.8) is 0 Å². The number of carbonyl (C=O) groups excluding carboxylic acids is 1. The third-order valence-corrected chi connectivity index (χ3v) is 2.35. The van der Waals surface area contributed by atoms with Gasteiger partial charge >= 0.3 is 0 Å². The van der Waals surface area contributed by atoms with E-state index in [1.165, 1.54) is 12.1 Å². The van der Waals surface area contributed by atoms with E-state index in [0.29, 0.717) is 5.82 Å². The Balaban J connectivity index is 2.12. The third-order valence-electron chi connectivity index (χ3n) is 2.35. The Morgan fingerprint density at radius 2 is 2.33 bits per heavy atom. The van der Waals surface area contributed by atoms with Crippen molar-refractivity contribution >= 4 is 11.6 Å². The molecule has 1 atom stereocenters. The number of hydrogen-bond acceptors (Lipinski definition) is 5. The normalized spacial score (nSPS) is 12.1. The van der Waals surface area contributed by atoms with E-state index < -0.39 is 17.8 Å². The number of anilines is 1. The Labute approximate surface area is 102 Å². The number of nitrogens with zero attached hydrogens (tertiary/aromatic N) is 3. The van der Waals surface area contributed by atoms with Crippen LogP contribution in [0.25, 0.3) is 0 Å². The lowest BCUT2D eigenvalue weighted by Gasteiger charge is -2.11. The third kappa shape index (κ3) is 2.42. The lowest BCUT2D eigenvalue weighted by Crippen LogP contribution is -2.28. The van der Waals surface area contributed by atoms with E-state index in [-0.39, 0.29) is 11.3 Å². The number of hydrogen-bond donors (Lipinski definition) is 3. The van der Waals surface area contributed by atoms with E-state index >= 15 is 0 Å². The quantitative estimate of drug-likeness (QED) is 0.683. The molecule has 0 saturated heterocycles. The first-order chi connectivity index (χ1) is 8.58. The van der Waals surface area contributed by atoms with Crippen molar-refractivity contribution in [3.05, 3.63) is 35.4 Å². The van der Waals surface area contributed by atoms with Gasteiger partial charge in [0.2, 0.25) is 0 Å². The van der Waals surface area contributed by atoms with Gasteiger partial charge in [0.25, 0.3) is 5.91 Å². The van der Waals surface area contributed by atoms with Crippen molar-refractivity contribution < 1.29 is 9.18 Å². The molecule has 1 aromatic carbocycles. The number of rotatable bonds is 3. The molecule has 8 heteroatoms. The summed E-state index contributed by atoms with van der Waals surface area (Å²) in [4.78, 5) is 11.9. The molecule has 0 radical (unpaired) electrons. The number of H-pyrrole nitrogens is 1. The average molecular weight is 250 g/mol. The number of tetrazole rings is 1. The zero-order valence-electron chi connectivity index (χ0n) is 9.51. The van der Waals surface area contributed by atoms with Crippen LogP contribution >= 0.6 is 0 Å². The first kappa shape index (κ1) is 12.0. The van der Waals surface area contributed by atoms with E-state index in [1.807, 2.05) is 0 Å². The molecule has 2 rings (SSSR count). The van der Waals surface area contributed by atoms with Crippen molar-refractivity contribution in [2.75, 3.05) is 5.73 Å². The maximum atomic E-state index is 12.9. The highest BCUT2D eigenvalue weighted by molar-refractivity contribution is 5.99. The zero-order valence-corrected chi connectivity index (χ0v) is 9.51. The van der Waals surface area contributed by atoms with E-state index in [2.05, 4.69) is 25.9 Å². The highest BCUT2D eigenvalue weighted by Crippen LogP contribution is 2.14. The second-order valence-corrected chi connectivity index (χ2v) is 3.70. The highest BCUT2D eigenvalue weighted by atomic mass is 19.1. The van der Waals surface area contributed by atoms with Crippen LogP contribution in [0.4, 0.5) is 10.1 Å². The summed E-state index contributed by atoms with van der Waals surface area (Å²) in [6, 6.07) is 3.15. The Bertz CT molecular complexity index is 556. The molecule has 0 aliphatic heterocycles. The van der Waals surface area contributed by atoms with Crippen molar-refractivity contribution in [1.82, 2.24) is 25.9 Å². The van der Waals surface area contributed by atoms with Gasteiger partial charge in [-0.25, -0.2) is 4.39 Å². The predicted molar refractivity (Wildman–Crippen MR) is 60.9 cm³/mol. The molecule has 1 amide bonds. The van der Waals surface area contributed by atoms with Gasteiger partial charge in [-0.3, -0.25) is 4.79 Å². The molecule has 1 heterocycles. The van der Waals surface area contributed by atoms with Crippen LogP contribution in [0.1, 0.15) is 29.1 Å². The second kappa shape index (κ2) is 4.78. The number of amides is 1. The molecule has 94 valence electrons. The lowest BCUT2D eigenvalue weighted by atomic mass is 10.1. The summed E-state index contributed by atoms with van der Waals surface area (Å²) < 4.78 is 12.9. The van der Waals surface area contributed by atoms with Crippen LogP contribution in [0.5, 0.6) is 0 Å². The Morgan fingerprint density at radius 3 is 2.94 bits per heavy atom. The summed E-state index contributed by atoms with van der Waals surface area (Å²) in [5.74, 6) is -0.566. The monoisotopic (exact) mass is 250 g/mol. The predicted octanol–water partition coefficient (Wildman–Crippen LogP) is 0.412. The van der Waals surface area contributed by atoms with Crippen molar-refractivity contribution in [2.24, 2.45) is 0 Å². The lowest BCUT2D eigenvalue weighted by molar-refractivity contribution is 0.0939. The number of halogens is 1. The molecule has 1 aromatic heterocycles. The fourth-order valence-electron chi connectivity index (χ4n) is 1.43. The number of aromatic nitrogens is 4. The minimum Gasteiger partial charge on any atom is -0.398 e. The molecule has 7 nitrogen and oxygen atoms in total. The van der Waals surface area contributed by atoms with Crippen molar-refractivity contribution in [1.29, 1.82) is 0 Å². The molecule has 0 saturated carbocycles. The van der Waals surface area contributed by atoms with Gasteiger partial charge in [-0.15, -0.1) is 10.2 Å². The van der Waals surface area contributed by atoms with E-state index in [4.69, 9.17) is 5.73 Å². The van der Waals surface area contributed by atoms with Crippen molar-refractivity contribution in [3.8, 4) is 0 Å². The van der Waals surface area contributed by atoms with Crippen LogP contribution < -0.4 is 11.1 Å². The SMILES string of the molecule is CC(NC(=O)c1ccc(F)cc1N)c1nn[nH]n1. The average Bonchev–Trinajstić information content (AvgIpc) is 2.81. The topological polar surface area (TPSA) is 110 Å². The molecule has 0 aliphatic rings. The van der Waals surface area contributed by atoms with Crippen LogP contribution in [0, 0.1) is 5.82 Å². The Morgan fingerprint density at radius 1 is 1.56 bits per heavy atom. The number of benzene rings is 1. The molecule has 1 unspecified atom stereocenters. The summed E-state index contributed by atoms with van der Waals surface area (Å²) in [5.41, 5.74) is 5.84. The van der Waals surface area contributed by atoms with E-state index in [1.54, 1.807) is 6.92 Å². The van der Waals surface area contributed by atoms with Gasteiger partial charge in [0.05, 0.1) is 11.6 Å². The van der Waals surface area contributed by atoms with Gasteiger partial charge in [0.1, 0.15) is 5.82 Å². The number of aromatic amines is 1. The number of carbonyl (C=O) groups is 1. The van der Waals surface area contributed by atoms with Crippen LogP contribution in [0.15, 0.2) is 18.2 Å².